The molecule has 1 rings (SSSR count). The number of nitro groups is 1. The summed E-state index contributed by atoms with van der Waals surface area (Å²) in [5.74, 6) is -0.355. The van der Waals surface area contributed by atoms with Crippen LogP contribution < -0.4 is 11.1 Å². The Morgan fingerprint density at radius 2 is 2.05 bits per heavy atom. The SMILES string of the molecule is C[C@@H](CN)NC(=O)c1ccc(C(C)(C)C)c([N+](=O)[O-])c1. The fraction of sp³-hybridized carbons (Fsp3) is 0.500. The standard InChI is InChI=1S/C14H21N3O3/c1-9(8-15)16-13(18)10-5-6-11(14(2,3)4)12(7-10)17(19)20/h5-7,9H,8,15H2,1-4H3,(H,16,18)/t9-/m0/s1. The van der Waals surface area contributed by atoms with Gasteiger partial charge in [-0.15, -0.1) is 0 Å². The zero-order valence-electron chi connectivity index (χ0n) is 12.3. The Bertz CT molecular complexity index is 521. The number of hydrogen-bond donors (Lipinski definition) is 2. The molecule has 0 heterocycles. The highest BCUT2D eigenvalue weighted by atomic mass is 16.6. The molecule has 0 bridgehead atoms. The molecule has 0 saturated heterocycles. The van der Waals surface area contributed by atoms with E-state index >= 15 is 0 Å². The van der Waals surface area contributed by atoms with Crippen molar-refractivity contribution in [1.82, 2.24) is 5.32 Å². The highest BCUT2D eigenvalue weighted by molar-refractivity contribution is 5.95. The van der Waals surface area contributed by atoms with Gasteiger partial charge in [-0.25, -0.2) is 0 Å². The smallest absolute Gasteiger partial charge is 0.273 e. The first-order valence-corrected chi connectivity index (χ1v) is 6.46. The second kappa shape index (κ2) is 6.00. The van der Waals surface area contributed by atoms with Gasteiger partial charge in [0.1, 0.15) is 0 Å². The zero-order chi connectivity index (χ0) is 15.5. The second-order valence-electron chi connectivity index (χ2n) is 5.85. The Balaban J connectivity index is 3.18. The highest BCUT2D eigenvalue weighted by Crippen LogP contribution is 2.31. The Morgan fingerprint density at radius 3 is 2.50 bits per heavy atom. The van der Waals surface area contributed by atoms with E-state index in [1.807, 2.05) is 20.8 Å². The average molecular weight is 279 g/mol. The molecular formula is C14H21N3O3. The molecule has 6 nitrogen and oxygen atoms in total. The number of hydrogen-bond acceptors (Lipinski definition) is 4. The molecule has 0 saturated carbocycles. The molecular weight excluding hydrogens is 258 g/mol. The fourth-order valence-corrected chi connectivity index (χ4v) is 1.82. The number of benzene rings is 1. The first kappa shape index (κ1) is 16.1. The Morgan fingerprint density at radius 1 is 1.45 bits per heavy atom. The first-order valence-electron chi connectivity index (χ1n) is 6.46. The maximum Gasteiger partial charge on any atom is 0.273 e. The molecule has 0 fully saturated rings. The summed E-state index contributed by atoms with van der Waals surface area (Å²) in [4.78, 5) is 22.7. The molecule has 0 spiro atoms. The van der Waals surface area contributed by atoms with Gasteiger partial charge in [0.15, 0.2) is 0 Å². The van der Waals surface area contributed by atoms with E-state index in [2.05, 4.69) is 5.32 Å². The van der Waals surface area contributed by atoms with E-state index in [1.165, 1.54) is 6.07 Å². The average Bonchev–Trinajstić information content (AvgIpc) is 2.36. The van der Waals surface area contributed by atoms with E-state index in [1.54, 1.807) is 19.1 Å². The zero-order valence-corrected chi connectivity index (χ0v) is 12.3. The van der Waals surface area contributed by atoms with Gasteiger partial charge in [-0.2, -0.15) is 0 Å². The molecule has 1 aromatic carbocycles. The Hall–Kier alpha value is -1.95. The third kappa shape index (κ3) is 3.77. The van der Waals surface area contributed by atoms with Crippen molar-refractivity contribution in [2.24, 2.45) is 5.73 Å². The number of rotatable bonds is 4. The molecule has 6 heteroatoms. The van der Waals surface area contributed by atoms with E-state index < -0.39 is 4.92 Å². The van der Waals surface area contributed by atoms with Gasteiger partial charge in [0.05, 0.1) is 4.92 Å². The predicted molar refractivity (Wildman–Crippen MR) is 77.8 cm³/mol. The van der Waals surface area contributed by atoms with E-state index in [-0.39, 0.29) is 28.6 Å². The van der Waals surface area contributed by atoms with Crippen LogP contribution in [0.1, 0.15) is 43.6 Å². The molecule has 0 unspecified atom stereocenters. The third-order valence-corrected chi connectivity index (χ3v) is 3.00. The van der Waals surface area contributed by atoms with Crippen molar-refractivity contribution in [3.8, 4) is 0 Å². The largest absolute Gasteiger partial charge is 0.348 e. The van der Waals surface area contributed by atoms with Crippen molar-refractivity contribution in [3.63, 3.8) is 0 Å². The van der Waals surface area contributed by atoms with Crippen LogP contribution in [0.25, 0.3) is 0 Å². The molecule has 0 aromatic heterocycles. The second-order valence-corrected chi connectivity index (χ2v) is 5.85. The van der Waals surface area contributed by atoms with Gasteiger partial charge in [0.25, 0.3) is 11.6 Å². The van der Waals surface area contributed by atoms with Crippen LogP contribution in [0.15, 0.2) is 18.2 Å². The van der Waals surface area contributed by atoms with E-state index in [0.29, 0.717) is 12.1 Å². The van der Waals surface area contributed by atoms with Gasteiger partial charge < -0.3 is 11.1 Å². The van der Waals surface area contributed by atoms with Crippen molar-refractivity contribution >= 4 is 11.6 Å². The summed E-state index contributed by atoms with van der Waals surface area (Å²) < 4.78 is 0. The summed E-state index contributed by atoms with van der Waals surface area (Å²) in [6.07, 6.45) is 0. The summed E-state index contributed by atoms with van der Waals surface area (Å²) in [5.41, 5.74) is 5.91. The van der Waals surface area contributed by atoms with Crippen LogP contribution in [0.2, 0.25) is 0 Å². The minimum atomic E-state index is -0.455. The first-order chi connectivity index (χ1) is 9.16. The topological polar surface area (TPSA) is 98.3 Å². The lowest BCUT2D eigenvalue weighted by Crippen LogP contribution is -2.37. The lowest BCUT2D eigenvalue weighted by Gasteiger charge is -2.19. The number of carbonyl (C=O) groups is 1. The van der Waals surface area contributed by atoms with Gasteiger partial charge in [0.2, 0.25) is 0 Å². The number of nitrogens with one attached hydrogen (secondary N) is 1. The molecule has 3 N–H and O–H groups in total. The van der Waals surface area contributed by atoms with Gasteiger partial charge in [-0.05, 0) is 18.4 Å². The number of nitro benzene ring substituents is 1. The van der Waals surface area contributed by atoms with Gasteiger partial charge in [-0.3, -0.25) is 14.9 Å². The van der Waals surface area contributed by atoms with Gasteiger partial charge in [0, 0.05) is 29.8 Å². The van der Waals surface area contributed by atoms with E-state index in [4.69, 9.17) is 5.73 Å². The van der Waals surface area contributed by atoms with Gasteiger partial charge >= 0.3 is 0 Å². The normalized spacial score (nSPS) is 12.8. The van der Waals surface area contributed by atoms with Crippen molar-refractivity contribution in [3.05, 3.63) is 39.4 Å². The van der Waals surface area contributed by atoms with Gasteiger partial charge in [-0.1, -0.05) is 26.8 Å². The van der Waals surface area contributed by atoms with Crippen LogP contribution in [0.3, 0.4) is 0 Å². The third-order valence-electron chi connectivity index (χ3n) is 3.00. The summed E-state index contributed by atoms with van der Waals surface area (Å²) in [5, 5.41) is 13.9. The van der Waals surface area contributed by atoms with Crippen molar-refractivity contribution in [2.75, 3.05) is 6.54 Å². The molecule has 1 amide bonds. The molecule has 1 atom stereocenters. The molecule has 0 radical (unpaired) electrons. The van der Waals surface area contributed by atoms with Crippen molar-refractivity contribution in [1.29, 1.82) is 0 Å². The number of nitrogens with two attached hydrogens (primary N) is 1. The fourth-order valence-electron chi connectivity index (χ4n) is 1.82. The van der Waals surface area contributed by atoms with Crippen molar-refractivity contribution < 1.29 is 9.72 Å². The predicted octanol–water partition coefficient (Wildman–Crippen LogP) is 1.97. The number of nitrogens with zero attached hydrogens (tertiary/aromatic N) is 1. The minimum Gasteiger partial charge on any atom is -0.348 e. The quantitative estimate of drug-likeness (QED) is 0.650. The Kier molecular flexibility index (Phi) is 4.83. The van der Waals surface area contributed by atoms with E-state index in [0.717, 1.165) is 0 Å². The molecule has 0 aliphatic rings. The molecule has 0 aliphatic heterocycles. The van der Waals surface area contributed by atoms with E-state index in [9.17, 15) is 14.9 Å². The maximum atomic E-state index is 12.0. The summed E-state index contributed by atoms with van der Waals surface area (Å²) >= 11 is 0. The summed E-state index contributed by atoms with van der Waals surface area (Å²) in [6, 6.07) is 4.38. The molecule has 20 heavy (non-hydrogen) atoms. The Labute approximate surface area is 118 Å². The molecule has 0 aliphatic carbocycles. The lowest BCUT2D eigenvalue weighted by atomic mass is 9.85. The summed E-state index contributed by atoms with van der Waals surface area (Å²) in [7, 11) is 0. The van der Waals surface area contributed by atoms with Crippen LogP contribution in [-0.4, -0.2) is 23.4 Å². The van der Waals surface area contributed by atoms with Crippen LogP contribution in [0.4, 0.5) is 5.69 Å². The van der Waals surface area contributed by atoms with Crippen LogP contribution >= 0.6 is 0 Å². The lowest BCUT2D eigenvalue weighted by molar-refractivity contribution is -0.386. The highest BCUT2D eigenvalue weighted by Gasteiger charge is 2.26. The number of carbonyl (C=O) groups excluding carboxylic acids is 1. The molecule has 1 aromatic rings. The van der Waals surface area contributed by atoms with Crippen molar-refractivity contribution in [2.45, 2.75) is 39.2 Å². The summed E-state index contributed by atoms with van der Waals surface area (Å²) in [6.45, 7) is 7.77. The van der Waals surface area contributed by atoms with Crippen LogP contribution in [0, 0.1) is 10.1 Å². The minimum absolute atomic E-state index is 0.0365. The van der Waals surface area contributed by atoms with Crippen LogP contribution in [-0.2, 0) is 5.41 Å². The maximum absolute atomic E-state index is 12.0. The van der Waals surface area contributed by atoms with Crippen LogP contribution in [0.5, 0.6) is 0 Å². The molecule has 110 valence electrons. The number of amides is 1. The monoisotopic (exact) mass is 279 g/mol.